The van der Waals surface area contributed by atoms with Gasteiger partial charge in [0.2, 0.25) is 0 Å². The third-order valence-electron chi connectivity index (χ3n) is 3.99. The van der Waals surface area contributed by atoms with Gasteiger partial charge in [-0.15, -0.1) is 0 Å². The highest BCUT2D eigenvalue weighted by molar-refractivity contribution is 4.58. The van der Waals surface area contributed by atoms with Crippen LogP contribution in [0.4, 0.5) is 0 Å². The zero-order valence-electron chi connectivity index (χ0n) is 12.9. The first kappa shape index (κ1) is 17.0. The molecule has 17 heavy (non-hydrogen) atoms. The highest BCUT2D eigenvalue weighted by atomic mass is 14.1. The predicted octanol–water partition coefficient (Wildman–Crippen LogP) is 6.59. The Morgan fingerprint density at radius 3 is 1.53 bits per heavy atom. The van der Waals surface area contributed by atoms with E-state index in [1.165, 1.54) is 70.6 Å². The van der Waals surface area contributed by atoms with Gasteiger partial charge in [-0.25, -0.2) is 0 Å². The van der Waals surface area contributed by atoms with Crippen molar-refractivity contribution in [1.29, 1.82) is 0 Å². The average molecular weight is 240 g/mol. The van der Waals surface area contributed by atoms with Crippen LogP contribution in [-0.2, 0) is 0 Å². The van der Waals surface area contributed by atoms with Crippen molar-refractivity contribution >= 4 is 0 Å². The van der Waals surface area contributed by atoms with E-state index in [1.807, 2.05) is 0 Å². The largest absolute Gasteiger partial charge is 0.0654 e. The fourth-order valence-corrected chi connectivity index (χ4v) is 2.58. The van der Waals surface area contributed by atoms with Crippen LogP contribution >= 0.6 is 0 Å². The molecule has 0 unspecified atom stereocenters. The van der Waals surface area contributed by atoms with Crippen LogP contribution in [0.15, 0.2) is 0 Å². The van der Waals surface area contributed by atoms with E-state index in [0.29, 0.717) is 0 Å². The van der Waals surface area contributed by atoms with Gasteiger partial charge in [-0.05, 0) is 11.8 Å². The summed E-state index contributed by atoms with van der Waals surface area (Å²) in [5.74, 6) is 1.92. The van der Waals surface area contributed by atoms with Crippen molar-refractivity contribution in [2.75, 3.05) is 0 Å². The van der Waals surface area contributed by atoms with Crippen LogP contribution in [0.1, 0.15) is 98.3 Å². The molecule has 0 heterocycles. The molecule has 0 bridgehead atoms. The normalized spacial score (nSPS) is 14.8. The van der Waals surface area contributed by atoms with Crippen molar-refractivity contribution in [3.63, 3.8) is 0 Å². The summed E-state index contributed by atoms with van der Waals surface area (Å²) < 4.78 is 0. The second-order valence-corrected chi connectivity index (χ2v) is 6.13. The van der Waals surface area contributed by atoms with Crippen molar-refractivity contribution in [2.24, 2.45) is 11.8 Å². The fourth-order valence-electron chi connectivity index (χ4n) is 2.58. The minimum Gasteiger partial charge on any atom is -0.0654 e. The van der Waals surface area contributed by atoms with Gasteiger partial charge >= 0.3 is 0 Å². The summed E-state index contributed by atoms with van der Waals surface area (Å²) in [5, 5.41) is 0. The predicted molar refractivity (Wildman–Crippen MR) is 80.5 cm³/mol. The Morgan fingerprint density at radius 2 is 1.00 bits per heavy atom. The Hall–Kier alpha value is 0. The van der Waals surface area contributed by atoms with E-state index in [0.717, 1.165) is 11.8 Å². The summed E-state index contributed by atoms with van der Waals surface area (Å²) in [6, 6.07) is 0. The number of hydrogen-bond acceptors (Lipinski definition) is 0. The van der Waals surface area contributed by atoms with E-state index < -0.39 is 0 Å². The minimum absolute atomic E-state index is 0.960. The molecule has 0 N–H and O–H groups in total. The molecule has 0 aromatic carbocycles. The van der Waals surface area contributed by atoms with Crippen LogP contribution in [0.5, 0.6) is 0 Å². The Labute approximate surface area is 111 Å². The molecule has 0 rings (SSSR count). The van der Waals surface area contributed by atoms with Crippen LogP contribution in [0.3, 0.4) is 0 Å². The summed E-state index contributed by atoms with van der Waals surface area (Å²) >= 11 is 0. The Balaban J connectivity index is 3.28. The molecule has 0 fully saturated rings. The molecule has 0 aliphatic heterocycles. The maximum absolute atomic E-state index is 2.45. The van der Waals surface area contributed by atoms with E-state index in [-0.39, 0.29) is 0 Å². The fraction of sp³-hybridized carbons (Fsp3) is 1.00. The monoisotopic (exact) mass is 240 g/mol. The second-order valence-electron chi connectivity index (χ2n) is 6.13. The Kier molecular flexibility index (Phi) is 12.5. The van der Waals surface area contributed by atoms with Gasteiger partial charge in [0, 0.05) is 0 Å². The molecule has 104 valence electrons. The zero-order valence-corrected chi connectivity index (χ0v) is 12.9. The van der Waals surface area contributed by atoms with E-state index in [2.05, 4.69) is 27.7 Å². The first-order valence-electron chi connectivity index (χ1n) is 8.20. The van der Waals surface area contributed by atoms with Crippen LogP contribution in [0.25, 0.3) is 0 Å². The summed E-state index contributed by atoms with van der Waals surface area (Å²) in [7, 11) is 0. The molecule has 0 aromatic rings. The van der Waals surface area contributed by atoms with Gasteiger partial charge in [0.05, 0.1) is 0 Å². The quantitative estimate of drug-likeness (QED) is 0.338. The van der Waals surface area contributed by atoms with E-state index in [9.17, 15) is 0 Å². The zero-order chi connectivity index (χ0) is 12.9. The summed E-state index contributed by atoms with van der Waals surface area (Å²) in [5.41, 5.74) is 0. The highest BCUT2D eigenvalue weighted by Crippen LogP contribution is 2.20. The molecule has 0 heteroatoms. The molecule has 0 amide bonds. The second kappa shape index (κ2) is 12.5. The molecule has 0 radical (unpaired) electrons. The third kappa shape index (κ3) is 12.2. The highest BCUT2D eigenvalue weighted by Gasteiger charge is 2.05. The smallest absolute Gasteiger partial charge is 0.0443 e. The molecule has 0 aliphatic carbocycles. The standard InChI is InChI=1S/C17H36/c1-5-7-9-10-13-17(4)15-11-14-16(3)12-8-6-2/h16-17H,5-15H2,1-4H3/t16-,17-/m1/s1. The molecule has 0 aliphatic rings. The molecule has 0 nitrogen and oxygen atoms in total. The van der Waals surface area contributed by atoms with Gasteiger partial charge in [0.25, 0.3) is 0 Å². The average Bonchev–Trinajstić information content (AvgIpc) is 2.32. The van der Waals surface area contributed by atoms with Crippen molar-refractivity contribution < 1.29 is 0 Å². The van der Waals surface area contributed by atoms with E-state index >= 15 is 0 Å². The molecule has 0 aromatic heterocycles. The molecule has 2 atom stereocenters. The lowest BCUT2D eigenvalue weighted by Gasteiger charge is -2.14. The number of unbranched alkanes of at least 4 members (excludes halogenated alkanes) is 4. The minimum atomic E-state index is 0.960. The summed E-state index contributed by atoms with van der Waals surface area (Å²) in [4.78, 5) is 0. The molecule has 0 saturated heterocycles. The van der Waals surface area contributed by atoms with Crippen LogP contribution in [0, 0.1) is 11.8 Å². The van der Waals surface area contributed by atoms with Crippen LogP contribution in [0.2, 0.25) is 0 Å². The maximum atomic E-state index is 2.45. The maximum Gasteiger partial charge on any atom is -0.0443 e. The van der Waals surface area contributed by atoms with Crippen LogP contribution < -0.4 is 0 Å². The van der Waals surface area contributed by atoms with E-state index in [4.69, 9.17) is 0 Å². The molecule has 0 saturated carbocycles. The van der Waals surface area contributed by atoms with Gasteiger partial charge in [-0.1, -0.05) is 98.3 Å². The first-order chi connectivity index (χ1) is 8.20. The Morgan fingerprint density at radius 1 is 0.529 bits per heavy atom. The lowest BCUT2D eigenvalue weighted by atomic mass is 9.92. The summed E-state index contributed by atoms with van der Waals surface area (Å²) in [6.07, 6.45) is 15.8. The third-order valence-corrected chi connectivity index (χ3v) is 3.99. The van der Waals surface area contributed by atoms with Gasteiger partial charge < -0.3 is 0 Å². The van der Waals surface area contributed by atoms with Crippen molar-refractivity contribution in [3.8, 4) is 0 Å². The Bertz CT molecular complexity index is 139. The van der Waals surface area contributed by atoms with Gasteiger partial charge in [0.15, 0.2) is 0 Å². The first-order valence-corrected chi connectivity index (χ1v) is 8.20. The van der Waals surface area contributed by atoms with E-state index in [1.54, 1.807) is 0 Å². The van der Waals surface area contributed by atoms with Crippen molar-refractivity contribution in [3.05, 3.63) is 0 Å². The van der Waals surface area contributed by atoms with Crippen LogP contribution in [-0.4, -0.2) is 0 Å². The van der Waals surface area contributed by atoms with Gasteiger partial charge in [-0.3, -0.25) is 0 Å². The number of hydrogen-bond donors (Lipinski definition) is 0. The van der Waals surface area contributed by atoms with Gasteiger partial charge in [-0.2, -0.15) is 0 Å². The molecular weight excluding hydrogens is 204 g/mol. The van der Waals surface area contributed by atoms with Crippen molar-refractivity contribution in [1.82, 2.24) is 0 Å². The lowest BCUT2D eigenvalue weighted by molar-refractivity contribution is 0.395. The van der Waals surface area contributed by atoms with Crippen molar-refractivity contribution in [2.45, 2.75) is 98.3 Å². The number of rotatable bonds is 12. The molecular formula is C17H36. The summed E-state index contributed by atoms with van der Waals surface area (Å²) in [6.45, 7) is 9.47. The SMILES string of the molecule is CCCCCC[C@@H](C)CCC[C@H](C)CCCC. The topological polar surface area (TPSA) is 0 Å². The van der Waals surface area contributed by atoms with Gasteiger partial charge in [0.1, 0.15) is 0 Å². The lowest BCUT2D eigenvalue weighted by Crippen LogP contribution is -1.99. The molecule has 0 spiro atoms.